The Balaban J connectivity index is 2.04. The lowest BCUT2D eigenvalue weighted by molar-refractivity contribution is -0.883. The molecule has 0 unspecified atom stereocenters. The van der Waals surface area contributed by atoms with Gasteiger partial charge >= 0.3 is 6.18 Å². The smallest absolute Gasteiger partial charge is 0.334 e. The number of likely N-dealkylation sites (N-methyl/N-ethyl adjacent to an activating group) is 1. The second-order valence-corrected chi connectivity index (χ2v) is 6.42. The van der Waals surface area contributed by atoms with E-state index < -0.39 is 23.3 Å². The van der Waals surface area contributed by atoms with Crippen molar-refractivity contribution < 1.29 is 22.9 Å². The molecule has 2 heterocycles. The molecule has 1 aliphatic heterocycles. The number of rotatable bonds is 2. The van der Waals surface area contributed by atoms with Gasteiger partial charge in [0.25, 0.3) is 5.91 Å². The summed E-state index contributed by atoms with van der Waals surface area (Å²) in [6, 6.07) is 6.08. The third-order valence-electron chi connectivity index (χ3n) is 4.25. The van der Waals surface area contributed by atoms with Gasteiger partial charge in [0.15, 0.2) is 5.69 Å². The summed E-state index contributed by atoms with van der Waals surface area (Å²) >= 11 is 6.01. The van der Waals surface area contributed by atoms with Gasteiger partial charge in [-0.1, -0.05) is 23.7 Å². The highest BCUT2D eigenvalue weighted by Crippen LogP contribution is 2.35. The average molecular weight is 374 g/mol. The molecule has 5 nitrogen and oxygen atoms in total. The molecule has 1 amide bonds. The minimum Gasteiger partial charge on any atom is -0.334 e. The molecule has 1 aliphatic rings. The van der Waals surface area contributed by atoms with Gasteiger partial charge in [-0.3, -0.25) is 4.79 Å². The number of carbonyl (C=O) groups is 1. The zero-order chi connectivity index (χ0) is 18.2. The Morgan fingerprint density at radius 2 is 1.88 bits per heavy atom. The fourth-order valence-electron chi connectivity index (χ4n) is 2.85. The van der Waals surface area contributed by atoms with Crippen LogP contribution in [0.1, 0.15) is 16.1 Å². The van der Waals surface area contributed by atoms with E-state index in [-0.39, 0.29) is 10.7 Å². The van der Waals surface area contributed by atoms with Crippen molar-refractivity contribution in [2.75, 3.05) is 33.2 Å². The van der Waals surface area contributed by atoms with E-state index in [9.17, 15) is 18.0 Å². The highest BCUT2D eigenvalue weighted by molar-refractivity contribution is 6.32. The molecule has 0 bridgehead atoms. The summed E-state index contributed by atoms with van der Waals surface area (Å²) in [7, 11) is 1.98. The van der Waals surface area contributed by atoms with Crippen LogP contribution >= 0.6 is 11.6 Å². The van der Waals surface area contributed by atoms with E-state index in [0.717, 1.165) is 6.20 Å². The molecule has 9 heteroatoms. The number of halogens is 4. The van der Waals surface area contributed by atoms with Gasteiger partial charge in [0.2, 0.25) is 0 Å². The molecule has 1 saturated heterocycles. The van der Waals surface area contributed by atoms with Crippen LogP contribution in [0.2, 0.25) is 5.02 Å². The molecule has 1 fully saturated rings. The molecule has 3 rings (SSSR count). The summed E-state index contributed by atoms with van der Waals surface area (Å²) in [6.45, 7) is 2.23. The van der Waals surface area contributed by atoms with Gasteiger partial charge in [-0.25, -0.2) is 4.68 Å². The van der Waals surface area contributed by atoms with Crippen LogP contribution < -0.4 is 4.90 Å². The molecule has 1 N–H and O–H groups in total. The van der Waals surface area contributed by atoms with Crippen molar-refractivity contribution in [3.05, 3.63) is 46.7 Å². The summed E-state index contributed by atoms with van der Waals surface area (Å²) in [5.74, 6) is -0.655. The normalized spacial score (nSPS) is 16.3. The number of alkyl halides is 3. The van der Waals surface area contributed by atoms with Crippen molar-refractivity contribution in [3.63, 3.8) is 0 Å². The SMILES string of the molecule is C[NH+]1CCN(C(=O)c2cnn(-c3ccccc3Cl)c2C(F)(F)F)CC1. The minimum atomic E-state index is -4.74. The van der Waals surface area contributed by atoms with E-state index in [2.05, 4.69) is 5.10 Å². The quantitative estimate of drug-likeness (QED) is 0.867. The number of benzene rings is 1. The summed E-state index contributed by atoms with van der Waals surface area (Å²) in [5, 5.41) is 3.93. The number of aromatic nitrogens is 2. The van der Waals surface area contributed by atoms with Gasteiger partial charge in [-0.05, 0) is 12.1 Å². The van der Waals surface area contributed by atoms with Crippen LogP contribution in [0.5, 0.6) is 0 Å². The predicted molar refractivity (Wildman–Crippen MR) is 86.1 cm³/mol. The second-order valence-electron chi connectivity index (χ2n) is 6.02. The first kappa shape index (κ1) is 17.8. The van der Waals surface area contributed by atoms with Crippen molar-refractivity contribution in [1.82, 2.24) is 14.7 Å². The van der Waals surface area contributed by atoms with E-state index in [1.165, 1.54) is 21.9 Å². The Kier molecular flexibility index (Phi) is 4.75. The molecule has 0 saturated carbocycles. The third-order valence-corrected chi connectivity index (χ3v) is 4.57. The van der Waals surface area contributed by atoms with Crippen LogP contribution in [0.3, 0.4) is 0 Å². The molecule has 134 valence electrons. The van der Waals surface area contributed by atoms with Gasteiger partial charge < -0.3 is 9.80 Å². The zero-order valence-electron chi connectivity index (χ0n) is 13.5. The summed E-state index contributed by atoms with van der Waals surface area (Å²) in [5.41, 5.74) is -1.47. The monoisotopic (exact) mass is 373 g/mol. The van der Waals surface area contributed by atoms with E-state index in [4.69, 9.17) is 11.6 Å². The summed E-state index contributed by atoms with van der Waals surface area (Å²) in [4.78, 5) is 15.3. The van der Waals surface area contributed by atoms with Crippen LogP contribution in [0.4, 0.5) is 13.2 Å². The van der Waals surface area contributed by atoms with Gasteiger partial charge in [0, 0.05) is 0 Å². The van der Waals surface area contributed by atoms with Crippen molar-refractivity contribution in [3.8, 4) is 5.69 Å². The molecule has 0 spiro atoms. The maximum atomic E-state index is 13.7. The molecular formula is C16H17ClF3N4O+. The molecule has 1 aromatic heterocycles. The molecule has 0 atom stereocenters. The Morgan fingerprint density at radius 1 is 1.24 bits per heavy atom. The number of hydrogen-bond acceptors (Lipinski definition) is 2. The highest BCUT2D eigenvalue weighted by Gasteiger charge is 2.42. The lowest BCUT2D eigenvalue weighted by Gasteiger charge is -2.30. The predicted octanol–water partition coefficient (Wildman–Crippen LogP) is 1.52. The van der Waals surface area contributed by atoms with Crippen LogP contribution in [0, 0.1) is 0 Å². The molecule has 2 aromatic rings. The Labute approximate surface area is 147 Å². The Morgan fingerprint density at radius 3 is 2.48 bits per heavy atom. The van der Waals surface area contributed by atoms with Crippen LogP contribution in [-0.4, -0.2) is 53.8 Å². The van der Waals surface area contributed by atoms with Gasteiger partial charge in [0.1, 0.15) is 0 Å². The maximum Gasteiger partial charge on any atom is 0.434 e. The van der Waals surface area contributed by atoms with E-state index in [1.54, 1.807) is 12.1 Å². The number of quaternary nitrogens is 1. The maximum absolute atomic E-state index is 13.7. The van der Waals surface area contributed by atoms with E-state index >= 15 is 0 Å². The van der Waals surface area contributed by atoms with Crippen molar-refractivity contribution >= 4 is 17.5 Å². The largest absolute Gasteiger partial charge is 0.434 e. The topological polar surface area (TPSA) is 42.6 Å². The number of amides is 1. The molecule has 25 heavy (non-hydrogen) atoms. The summed E-state index contributed by atoms with van der Waals surface area (Å²) < 4.78 is 41.7. The fourth-order valence-corrected chi connectivity index (χ4v) is 3.06. The lowest BCUT2D eigenvalue weighted by atomic mass is 10.2. The fraction of sp³-hybridized carbons (Fsp3) is 0.375. The summed E-state index contributed by atoms with van der Waals surface area (Å²) in [6.07, 6.45) is -3.77. The first-order chi connectivity index (χ1) is 11.8. The lowest BCUT2D eigenvalue weighted by Crippen LogP contribution is -3.12. The number of para-hydroxylation sites is 1. The number of hydrogen-bond donors (Lipinski definition) is 1. The van der Waals surface area contributed by atoms with Gasteiger partial charge in [-0.15, -0.1) is 0 Å². The standard InChI is InChI=1S/C16H16ClF3N4O/c1-22-6-8-23(9-7-22)15(25)11-10-21-24(14(11)16(18,19)20)13-5-3-2-4-12(13)17/h2-5,10H,6-9H2,1H3/p+1. The second kappa shape index (κ2) is 6.68. The van der Waals surface area contributed by atoms with E-state index in [0.29, 0.717) is 30.9 Å². The van der Waals surface area contributed by atoms with Crippen LogP contribution in [0.15, 0.2) is 30.5 Å². The Hall–Kier alpha value is -2.06. The van der Waals surface area contributed by atoms with Gasteiger partial charge in [-0.2, -0.15) is 18.3 Å². The van der Waals surface area contributed by atoms with Crippen molar-refractivity contribution in [1.29, 1.82) is 0 Å². The Bertz CT molecular complexity index is 782. The van der Waals surface area contributed by atoms with Crippen molar-refractivity contribution in [2.45, 2.75) is 6.18 Å². The number of nitrogens with zero attached hydrogens (tertiary/aromatic N) is 3. The zero-order valence-corrected chi connectivity index (χ0v) is 14.2. The molecule has 0 radical (unpaired) electrons. The molecular weight excluding hydrogens is 357 g/mol. The highest BCUT2D eigenvalue weighted by atomic mass is 35.5. The van der Waals surface area contributed by atoms with Gasteiger partial charge in [0.05, 0.1) is 55.7 Å². The number of carbonyl (C=O) groups excluding carboxylic acids is 1. The number of nitrogens with one attached hydrogen (secondary N) is 1. The molecule has 0 aliphatic carbocycles. The van der Waals surface area contributed by atoms with Crippen LogP contribution in [0.25, 0.3) is 5.69 Å². The average Bonchev–Trinajstić information content (AvgIpc) is 3.00. The number of piperazine rings is 1. The van der Waals surface area contributed by atoms with E-state index in [1.807, 2.05) is 7.05 Å². The molecule has 1 aromatic carbocycles. The van der Waals surface area contributed by atoms with Crippen molar-refractivity contribution in [2.24, 2.45) is 0 Å². The minimum absolute atomic E-state index is 0.0818. The van der Waals surface area contributed by atoms with Crippen LogP contribution in [-0.2, 0) is 6.18 Å². The first-order valence-corrected chi connectivity index (χ1v) is 8.17. The third kappa shape index (κ3) is 3.50. The first-order valence-electron chi connectivity index (χ1n) is 7.79.